The van der Waals surface area contributed by atoms with Crippen molar-refractivity contribution in [2.75, 3.05) is 11.1 Å². The van der Waals surface area contributed by atoms with E-state index in [1.807, 2.05) is 0 Å². The number of halogens is 1. The first-order valence-electron chi connectivity index (χ1n) is 4.89. The number of aromatic nitrogens is 2. The SMILES string of the molecule is Cc1nc(Nc2ccc(F)c(C#N)c2)c(N)[nH]1. The van der Waals surface area contributed by atoms with Gasteiger partial charge >= 0.3 is 0 Å². The van der Waals surface area contributed by atoms with Crippen LogP contribution in [0.1, 0.15) is 11.4 Å². The summed E-state index contributed by atoms with van der Waals surface area (Å²) in [6, 6.07) is 5.90. The number of aromatic amines is 1. The van der Waals surface area contributed by atoms with E-state index in [2.05, 4.69) is 15.3 Å². The Labute approximate surface area is 97.1 Å². The van der Waals surface area contributed by atoms with E-state index in [0.717, 1.165) is 0 Å². The lowest BCUT2D eigenvalue weighted by atomic mass is 10.2. The first-order chi connectivity index (χ1) is 8.10. The van der Waals surface area contributed by atoms with Gasteiger partial charge in [0.05, 0.1) is 5.56 Å². The zero-order chi connectivity index (χ0) is 12.4. The maximum Gasteiger partial charge on any atom is 0.173 e. The molecule has 0 saturated carbocycles. The number of benzene rings is 1. The third-order valence-corrected chi connectivity index (χ3v) is 2.20. The summed E-state index contributed by atoms with van der Waals surface area (Å²) in [7, 11) is 0. The molecule has 0 radical (unpaired) electrons. The molecule has 2 aromatic rings. The molecule has 0 spiro atoms. The zero-order valence-corrected chi connectivity index (χ0v) is 9.08. The van der Waals surface area contributed by atoms with Gasteiger partial charge in [0.1, 0.15) is 23.5 Å². The Morgan fingerprint density at radius 2 is 2.29 bits per heavy atom. The van der Waals surface area contributed by atoms with Gasteiger partial charge in [-0.1, -0.05) is 0 Å². The summed E-state index contributed by atoms with van der Waals surface area (Å²) in [6.45, 7) is 1.77. The van der Waals surface area contributed by atoms with Gasteiger partial charge in [0.2, 0.25) is 0 Å². The van der Waals surface area contributed by atoms with Gasteiger partial charge in [0.25, 0.3) is 0 Å². The molecule has 0 aliphatic rings. The van der Waals surface area contributed by atoms with Crippen molar-refractivity contribution in [2.45, 2.75) is 6.92 Å². The van der Waals surface area contributed by atoms with Crippen LogP contribution in [0.4, 0.5) is 21.7 Å². The molecule has 1 aromatic heterocycles. The number of anilines is 3. The lowest BCUT2D eigenvalue weighted by molar-refractivity contribution is 0.624. The van der Waals surface area contributed by atoms with Crippen LogP contribution in [0.25, 0.3) is 0 Å². The lowest BCUT2D eigenvalue weighted by Gasteiger charge is -2.04. The number of imidazole rings is 1. The number of nitrogens with zero attached hydrogens (tertiary/aromatic N) is 2. The number of nitriles is 1. The Morgan fingerprint density at radius 3 is 2.88 bits per heavy atom. The lowest BCUT2D eigenvalue weighted by Crippen LogP contribution is -1.96. The second kappa shape index (κ2) is 4.14. The standard InChI is InChI=1S/C11H10FN5/c1-6-15-10(14)11(16-6)17-8-2-3-9(12)7(4-8)5-13/h2-4,17H,14H2,1H3,(H,15,16). The Balaban J connectivity index is 2.31. The van der Waals surface area contributed by atoms with Crippen molar-refractivity contribution in [1.82, 2.24) is 9.97 Å². The van der Waals surface area contributed by atoms with Crippen molar-refractivity contribution in [3.8, 4) is 6.07 Å². The summed E-state index contributed by atoms with van der Waals surface area (Å²) in [4.78, 5) is 6.95. The van der Waals surface area contributed by atoms with E-state index in [4.69, 9.17) is 11.0 Å². The molecule has 0 unspecified atom stereocenters. The number of hydrogen-bond acceptors (Lipinski definition) is 4. The molecular weight excluding hydrogens is 221 g/mol. The predicted octanol–water partition coefficient (Wildman–Crippen LogP) is 2.05. The first kappa shape index (κ1) is 11.0. The normalized spacial score (nSPS) is 9.94. The average molecular weight is 231 g/mol. The van der Waals surface area contributed by atoms with Gasteiger partial charge in [-0.05, 0) is 25.1 Å². The second-order valence-electron chi connectivity index (χ2n) is 3.52. The van der Waals surface area contributed by atoms with Crippen molar-refractivity contribution in [3.05, 3.63) is 35.4 Å². The molecule has 6 heteroatoms. The van der Waals surface area contributed by atoms with Crippen LogP contribution in [0.2, 0.25) is 0 Å². The minimum absolute atomic E-state index is 0.0270. The zero-order valence-electron chi connectivity index (χ0n) is 9.08. The molecule has 86 valence electrons. The average Bonchev–Trinajstić information content (AvgIpc) is 2.60. The molecule has 0 aliphatic carbocycles. The van der Waals surface area contributed by atoms with Gasteiger partial charge in [-0.2, -0.15) is 5.26 Å². The summed E-state index contributed by atoms with van der Waals surface area (Å²) in [6.07, 6.45) is 0. The third-order valence-electron chi connectivity index (χ3n) is 2.20. The van der Waals surface area contributed by atoms with Gasteiger partial charge in [0, 0.05) is 5.69 Å². The monoisotopic (exact) mass is 231 g/mol. The number of H-pyrrole nitrogens is 1. The largest absolute Gasteiger partial charge is 0.382 e. The number of nitrogens with two attached hydrogens (primary N) is 1. The van der Waals surface area contributed by atoms with Gasteiger partial charge < -0.3 is 16.0 Å². The topological polar surface area (TPSA) is 90.5 Å². The molecule has 17 heavy (non-hydrogen) atoms. The van der Waals surface area contributed by atoms with Crippen LogP contribution in [-0.4, -0.2) is 9.97 Å². The molecule has 0 saturated heterocycles. The number of hydrogen-bond donors (Lipinski definition) is 3. The second-order valence-corrected chi connectivity index (χ2v) is 3.52. The fraction of sp³-hybridized carbons (Fsp3) is 0.0909. The fourth-order valence-electron chi connectivity index (χ4n) is 1.43. The highest BCUT2D eigenvalue weighted by molar-refractivity contribution is 5.67. The fourth-order valence-corrected chi connectivity index (χ4v) is 1.43. The molecule has 2 rings (SSSR count). The van der Waals surface area contributed by atoms with Gasteiger partial charge in [-0.3, -0.25) is 0 Å². The van der Waals surface area contributed by atoms with E-state index >= 15 is 0 Å². The first-order valence-corrected chi connectivity index (χ1v) is 4.89. The van der Waals surface area contributed by atoms with E-state index in [9.17, 15) is 4.39 Å². The van der Waals surface area contributed by atoms with E-state index in [1.165, 1.54) is 18.2 Å². The molecule has 5 nitrogen and oxygen atoms in total. The predicted molar refractivity (Wildman–Crippen MR) is 62.1 cm³/mol. The number of nitrogen functional groups attached to an aromatic ring is 1. The van der Waals surface area contributed by atoms with Crippen LogP contribution in [0, 0.1) is 24.1 Å². The highest BCUT2D eigenvalue weighted by Gasteiger charge is 2.07. The highest BCUT2D eigenvalue weighted by Crippen LogP contribution is 2.21. The minimum atomic E-state index is -0.552. The summed E-state index contributed by atoms with van der Waals surface area (Å²) in [5.74, 6) is 0.972. The van der Waals surface area contributed by atoms with Crippen LogP contribution in [0.3, 0.4) is 0 Å². The Bertz CT molecular complexity index is 596. The van der Waals surface area contributed by atoms with E-state index in [0.29, 0.717) is 23.1 Å². The molecular formula is C11H10FN5. The number of nitrogens with one attached hydrogen (secondary N) is 2. The van der Waals surface area contributed by atoms with Crippen LogP contribution in [-0.2, 0) is 0 Å². The van der Waals surface area contributed by atoms with E-state index in [-0.39, 0.29) is 5.56 Å². The molecule has 0 aliphatic heterocycles. The van der Waals surface area contributed by atoms with Crippen LogP contribution >= 0.6 is 0 Å². The summed E-state index contributed by atoms with van der Waals surface area (Å²) in [5, 5.41) is 11.6. The maximum absolute atomic E-state index is 13.1. The molecule has 0 amide bonds. The highest BCUT2D eigenvalue weighted by atomic mass is 19.1. The van der Waals surface area contributed by atoms with Crippen molar-refractivity contribution in [1.29, 1.82) is 5.26 Å². The summed E-state index contributed by atoms with van der Waals surface area (Å²) in [5.41, 5.74) is 6.20. The quantitative estimate of drug-likeness (QED) is 0.737. The Hall–Kier alpha value is -2.55. The Kier molecular flexibility index (Phi) is 2.66. The number of rotatable bonds is 2. The molecule has 4 N–H and O–H groups in total. The molecule has 1 aromatic carbocycles. The van der Waals surface area contributed by atoms with Crippen LogP contribution in [0.5, 0.6) is 0 Å². The van der Waals surface area contributed by atoms with Gasteiger partial charge in [-0.25, -0.2) is 9.37 Å². The van der Waals surface area contributed by atoms with Gasteiger partial charge in [0.15, 0.2) is 5.82 Å². The smallest absolute Gasteiger partial charge is 0.173 e. The minimum Gasteiger partial charge on any atom is -0.382 e. The van der Waals surface area contributed by atoms with E-state index < -0.39 is 5.82 Å². The van der Waals surface area contributed by atoms with Crippen molar-refractivity contribution < 1.29 is 4.39 Å². The summed E-state index contributed by atoms with van der Waals surface area (Å²) >= 11 is 0. The van der Waals surface area contributed by atoms with Crippen molar-refractivity contribution >= 4 is 17.3 Å². The Morgan fingerprint density at radius 1 is 1.53 bits per heavy atom. The number of aryl methyl sites for hydroxylation is 1. The summed E-state index contributed by atoms with van der Waals surface area (Å²) < 4.78 is 13.1. The van der Waals surface area contributed by atoms with Crippen LogP contribution < -0.4 is 11.1 Å². The molecule has 0 fully saturated rings. The molecule has 1 heterocycles. The van der Waals surface area contributed by atoms with Crippen LogP contribution in [0.15, 0.2) is 18.2 Å². The van der Waals surface area contributed by atoms with Crippen molar-refractivity contribution in [3.63, 3.8) is 0 Å². The van der Waals surface area contributed by atoms with Gasteiger partial charge in [-0.15, -0.1) is 0 Å². The van der Waals surface area contributed by atoms with E-state index in [1.54, 1.807) is 13.0 Å². The molecule has 0 bridgehead atoms. The van der Waals surface area contributed by atoms with Crippen molar-refractivity contribution in [2.24, 2.45) is 0 Å². The molecule has 0 atom stereocenters. The maximum atomic E-state index is 13.1. The third kappa shape index (κ3) is 2.18.